The van der Waals surface area contributed by atoms with Crippen LogP contribution in [0.3, 0.4) is 0 Å². The van der Waals surface area contributed by atoms with Crippen molar-refractivity contribution < 1.29 is 0 Å². The van der Waals surface area contributed by atoms with Gasteiger partial charge < -0.3 is 10.6 Å². The molecule has 1 fully saturated rings. The number of likely N-dealkylation sites (N-methyl/N-ethyl adjacent to an activating group) is 1. The normalized spacial score (nSPS) is 19.7. The highest BCUT2D eigenvalue weighted by Crippen LogP contribution is 2.29. The molecule has 2 heteroatoms. The van der Waals surface area contributed by atoms with Crippen molar-refractivity contribution in [2.45, 2.75) is 51.6 Å². The number of hydrogen-bond donors (Lipinski definition) is 1. The second-order valence-electron chi connectivity index (χ2n) is 6.76. The summed E-state index contributed by atoms with van der Waals surface area (Å²) in [5, 5.41) is 0. The van der Waals surface area contributed by atoms with Gasteiger partial charge in [-0.05, 0) is 37.3 Å². The summed E-state index contributed by atoms with van der Waals surface area (Å²) in [7, 11) is 2.26. The first-order chi connectivity index (χ1) is 9.59. The number of nitrogens with two attached hydrogens (primary N) is 1. The molecule has 0 aliphatic heterocycles. The molecule has 1 aromatic carbocycles. The third kappa shape index (κ3) is 3.83. The van der Waals surface area contributed by atoms with Crippen molar-refractivity contribution in [2.75, 3.05) is 13.6 Å². The van der Waals surface area contributed by atoms with Gasteiger partial charge in [-0.1, -0.05) is 57.0 Å². The van der Waals surface area contributed by atoms with E-state index in [1.54, 1.807) is 0 Å². The molecule has 0 radical (unpaired) electrons. The lowest BCUT2D eigenvalue weighted by Gasteiger charge is -2.37. The predicted octanol–water partition coefficient (Wildman–Crippen LogP) is 3.83. The third-order valence-corrected chi connectivity index (χ3v) is 4.77. The Bertz CT molecular complexity index is 382. The van der Waals surface area contributed by atoms with Crippen LogP contribution in [0.4, 0.5) is 0 Å². The highest BCUT2D eigenvalue weighted by atomic mass is 15.2. The van der Waals surface area contributed by atoms with Gasteiger partial charge in [0.2, 0.25) is 0 Å². The Hall–Kier alpha value is -0.860. The number of hydrogen-bond acceptors (Lipinski definition) is 2. The summed E-state index contributed by atoms with van der Waals surface area (Å²) in [6.45, 7) is 5.78. The molecule has 0 saturated heterocycles. The van der Waals surface area contributed by atoms with Crippen LogP contribution in [-0.2, 0) is 0 Å². The van der Waals surface area contributed by atoms with Crippen molar-refractivity contribution in [1.82, 2.24) is 4.90 Å². The molecule has 1 aromatic rings. The summed E-state index contributed by atoms with van der Waals surface area (Å²) >= 11 is 0. The first-order valence-electron chi connectivity index (χ1n) is 8.10. The van der Waals surface area contributed by atoms with Crippen LogP contribution < -0.4 is 5.73 Å². The van der Waals surface area contributed by atoms with Gasteiger partial charge in [-0.3, -0.25) is 0 Å². The standard InChI is InChI=1S/C18H30N2/c1-14(2)18(17(19)16-11-5-4-6-12-16)20(3)13-15-9-7-8-10-15/h4-6,11-12,14-15,17-18H,7-10,13,19H2,1-3H3. The maximum absolute atomic E-state index is 6.57. The Morgan fingerprint density at radius 2 is 1.75 bits per heavy atom. The van der Waals surface area contributed by atoms with Gasteiger partial charge in [0.25, 0.3) is 0 Å². The van der Waals surface area contributed by atoms with Crippen molar-refractivity contribution in [3.8, 4) is 0 Å². The SMILES string of the molecule is CC(C)C(C(N)c1ccccc1)N(C)CC1CCCC1. The quantitative estimate of drug-likeness (QED) is 0.854. The number of rotatable bonds is 6. The maximum atomic E-state index is 6.57. The average molecular weight is 274 g/mol. The minimum Gasteiger partial charge on any atom is -0.323 e. The zero-order valence-corrected chi connectivity index (χ0v) is 13.3. The lowest BCUT2D eigenvalue weighted by atomic mass is 9.90. The van der Waals surface area contributed by atoms with E-state index in [0.29, 0.717) is 12.0 Å². The Balaban J connectivity index is 2.05. The van der Waals surface area contributed by atoms with Gasteiger partial charge in [0.15, 0.2) is 0 Å². The topological polar surface area (TPSA) is 29.3 Å². The van der Waals surface area contributed by atoms with E-state index in [2.05, 4.69) is 56.1 Å². The van der Waals surface area contributed by atoms with Crippen LogP contribution in [0.2, 0.25) is 0 Å². The Labute approximate surface area is 124 Å². The Morgan fingerprint density at radius 1 is 1.15 bits per heavy atom. The zero-order valence-electron chi connectivity index (χ0n) is 13.3. The van der Waals surface area contributed by atoms with Gasteiger partial charge in [-0.2, -0.15) is 0 Å². The van der Waals surface area contributed by atoms with Crippen LogP contribution in [0, 0.1) is 11.8 Å². The summed E-state index contributed by atoms with van der Waals surface area (Å²) in [4.78, 5) is 2.51. The lowest BCUT2D eigenvalue weighted by molar-refractivity contribution is 0.141. The molecule has 20 heavy (non-hydrogen) atoms. The first-order valence-corrected chi connectivity index (χ1v) is 8.10. The molecule has 0 heterocycles. The smallest absolute Gasteiger partial charge is 0.0455 e. The fraction of sp³-hybridized carbons (Fsp3) is 0.667. The Morgan fingerprint density at radius 3 is 2.30 bits per heavy atom. The molecule has 2 N–H and O–H groups in total. The van der Waals surface area contributed by atoms with Crippen molar-refractivity contribution in [1.29, 1.82) is 0 Å². The highest BCUT2D eigenvalue weighted by molar-refractivity contribution is 5.20. The summed E-state index contributed by atoms with van der Waals surface area (Å²) in [5.41, 5.74) is 7.83. The number of benzene rings is 1. The van der Waals surface area contributed by atoms with Crippen LogP contribution in [-0.4, -0.2) is 24.5 Å². The molecule has 0 bridgehead atoms. The summed E-state index contributed by atoms with van der Waals surface area (Å²) in [6, 6.07) is 11.1. The summed E-state index contributed by atoms with van der Waals surface area (Å²) in [6.07, 6.45) is 5.62. The molecule has 1 aliphatic carbocycles. The van der Waals surface area contributed by atoms with E-state index in [1.165, 1.54) is 37.8 Å². The minimum absolute atomic E-state index is 0.0996. The van der Waals surface area contributed by atoms with Gasteiger partial charge in [0.05, 0.1) is 0 Å². The van der Waals surface area contributed by atoms with Gasteiger partial charge in [-0.25, -0.2) is 0 Å². The number of nitrogens with zero attached hydrogens (tertiary/aromatic N) is 1. The predicted molar refractivity (Wildman–Crippen MR) is 86.6 cm³/mol. The van der Waals surface area contributed by atoms with Crippen LogP contribution in [0.5, 0.6) is 0 Å². The summed E-state index contributed by atoms with van der Waals surface area (Å²) in [5.74, 6) is 1.45. The van der Waals surface area contributed by atoms with Crippen molar-refractivity contribution in [2.24, 2.45) is 17.6 Å². The molecule has 2 unspecified atom stereocenters. The molecule has 2 rings (SSSR count). The molecule has 2 nitrogen and oxygen atoms in total. The monoisotopic (exact) mass is 274 g/mol. The maximum Gasteiger partial charge on any atom is 0.0455 e. The van der Waals surface area contributed by atoms with E-state index < -0.39 is 0 Å². The van der Waals surface area contributed by atoms with Gasteiger partial charge in [-0.15, -0.1) is 0 Å². The molecule has 112 valence electrons. The first kappa shape index (κ1) is 15.5. The van der Waals surface area contributed by atoms with Crippen LogP contribution in [0.15, 0.2) is 30.3 Å². The average Bonchev–Trinajstić information content (AvgIpc) is 2.92. The summed E-state index contributed by atoms with van der Waals surface area (Å²) < 4.78 is 0. The van der Waals surface area contributed by atoms with Crippen LogP contribution >= 0.6 is 0 Å². The molecule has 0 amide bonds. The van der Waals surface area contributed by atoms with E-state index in [-0.39, 0.29) is 6.04 Å². The van der Waals surface area contributed by atoms with Crippen LogP contribution in [0.25, 0.3) is 0 Å². The third-order valence-electron chi connectivity index (χ3n) is 4.77. The fourth-order valence-corrected chi connectivity index (χ4v) is 3.79. The van der Waals surface area contributed by atoms with E-state index in [0.717, 1.165) is 5.92 Å². The van der Waals surface area contributed by atoms with Crippen molar-refractivity contribution >= 4 is 0 Å². The Kier molecular flexibility index (Phi) is 5.62. The second kappa shape index (κ2) is 7.24. The van der Waals surface area contributed by atoms with E-state index in [4.69, 9.17) is 5.73 Å². The lowest BCUT2D eigenvalue weighted by Crippen LogP contribution is -2.45. The molecule has 1 aliphatic rings. The second-order valence-corrected chi connectivity index (χ2v) is 6.76. The molecular formula is C18H30N2. The van der Waals surface area contributed by atoms with E-state index in [1.807, 2.05) is 0 Å². The fourth-order valence-electron chi connectivity index (χ4n) is 3.79. The zero-order chi connectivity index (χ0) is 14.5. The van der Waals surface area contributed by atoms with E-state index >= 15 is 0 Å². The van der Waals surface area contributed by atoms with Gasteiger partial charge >= 0.3 is 0 Å². The van der Waals surface area contributed by atoms with Crippen molar-refractivity contribution in [3.63, 3.8) is 0 Å². The highest BCUT2D eigenvalue weighted by Gasteiger charge is 2.28. The van der Waals surface area contributed by atoms with Crippen molar-refractivity contribution in [3.05, 3.63) is 35.9 Å². The molecule has 1 saturated carbocycles. The molecule has 0 spiro atoms. The molecule has 0 aromatic heterocycles. The molecule has 2 atom stereocenters. The minimum atomic E-state index is 0.0996. The molecular weight excluding hydrogens is 244 g/mol. The van der Waals surface area contributed by atoms with E-state index in [9.17, 15) is 0 Å². The van der Waals surface area contributed by atoms with Crippen LogP contribution in [0.1, 0.15) is 51.1 Å². The van der Waals surface area contributed by atoms with Gasteiger partial charge in [0.1, 0.15) is 0 Å². The van der Waals surface area contributed by atoms with Gasteiger partial charge in [0, 0.05) is 18.6 Å². The largest absolute Gasteiger partial charge is 0.323 e.